The number of carbonyl (C=O) groups excluding carboxylic acids is 2. The van der Waals surface area contributed by atoms with Crippen LogP contribution in [0.4, 0.5) is 0 Å². The summed E-state index contributed by atoms with van der Waals surface area (Å²) in [4.78, 5) is 19.8. The van der Waals surface area contributed by atoms with Crippen molar-refractivity contribution in [3.8, 4) is 0 Å². The maximum absolute atomic E-state index is 9.92. The van der Waals surface area contributed by atoms with Crippen molar-refractivity contribution in [1.82, 2.24) is 0 Å². The predicted octanol–water partition coefficient (Wildman–Crippen LogP) is 1.19. The number of esters is 2. The zero-order chi connectivity index (χ0) is 11.6. The van der Waals surface area contributed by atoms with Gasteiger partial charge in [-0.25, -0.2) is 9.59 Å². The number of ether oxygens (including phenoxy) is 1. The number of rotatable bonds is 1. The first-order valence-corrected chi connectivity index (χ1v) is 5.68. The Bertz CT molecular complexity index is 308. The van der Waals surface area contributed by atoms with E-state index >= 15 is 0 Å². The molecule has 2 saturated carbocycles. The van der Waals surface area contributed by atoms with Crippen molar-refractivity contribution in [3.63, 3.8) is 0 Å². The third-order valence-electron chi connectivity index (χ3n) is 3.78. The Balaban J connectivity index is 0.000000125. The molecule has 0 amide bonds. The number of carbonyl (C=O) groups is 2. The number of hydrogen-bond acceptors (Lipinski definition) is 4. The molecule has 0 spiro atoms. The average Bonchev–Trinajstić information content (AvgIpc) is 2.96. The highest BCUT2D eigenvalue weighted by Gasteiger charge is 2.43. The summed E-state index contributed by atoms with van der Waals surface area (Å²) in [6, 6.07) is 0. The van der Waals surface area contributed by atoms with Crippen molar-refractivity contribution in [3.05, 3.63) is 12.2 Å². The first-order chi connectivity index (χ1) is 7.63. The summed E-state index contributed by atoms with van der Waals surface area (Å²) in [5.41, 5.74) is 0.407. The van der Waals surface area contributed by atoms with E-state index in [4.69, 9.17) is 5.11 Å². The number of hydrogen-bond donors (Lipinski definition) is 1. The van der Waals surface area contributed by atoms with Gasteiger partial charge in [-0.2, -0.15) is 0 Å². The fraction of sp³-hybridized carbons (Fsp3) is 0.667. The summed E-state index contributed by atoms with van der Waals surface area (Å²) >= 11 is 0. The van der Waals surface area contributed by atoms with Crippen LogP contribution >= 0.6 is 0 Å². The molecule has 3 aliphatic rings. The molecule has 0 aromatic rings. The van der Waals surface area contributed by atoms with Crippen LogP contribution in [-0.4, -0.2) is 23.7 Å². The first-order valence-electron chi connectivity index (χ1n) is 5.68. The normalized spacial score (nSPS) is 34.9. The summed E-state index contributed by atoms with van der Waals surface area (Å²) in [6.07, 6.45) is 8.87. The SMILES string of the molecule is O=C1C=CC(=O)O1.OCC12CCC(CC1)C2. The van der Waals surface area contributed by atoms with Crippen molar-refractivity contribution < 1.29 is 19.4 Å². The van der Waals surface area contributed by atoms with Gasteiger partial charge in [0.15, 0.2) is 0 Å². The molecular formula is C12H16O4. The van der Waals surface area contributed by atoms with Crippen LogP contribution in [0, 0.1) is 11.3 Å². The zero-order valence-electron chi connectivity index (χ0n) is 9.15. The molecule has 0 atom stereocenters. The van der Waals surface area contributed by atoms with Gasteiger partial charge in [-0.15, -0.1) is 0 Å². The number of aliphatic hydroxyl groups excluding tert-OH is 1. The van der Waals surface area contributed by atoms with Gasteiger partial charge >= 0.3 is 11.9 Å². The summed E-state index contributed by atoms with van der Waals surface area (Å²) in [7, 11) is 0. The molecule has 4 heteroatoms. The van der Waals surface area contributed by atoms with E-state index in [1.54, 1.807) is 0 Å². The maximum Gasteiger partial charge on any atom is 0.338 e. The van der Waals surface area contributed by atoms with Gasteiger partial charge in [0.2, 0.25) is 0 Å². The summed E-state index contributed by atoms with van der Waals surface area (Å²) in [6.45, 7) is 0.448. The summed E-state index contributed by atoms with van der Waals surface area (Å²) < 4.78 is 3.97. The fourth-order valence-corrected chi connectivity index (χ4v) is 2.84. The van der Waals surface area contributed by atoms with Gasteiger partial charge in [-0.3, -0.25) is 0 Å². The molecule has 88 valence electrons. The van der Waals surface area contributed by atoms with Crippen LogP contribution in [-0.2, 0) is 14.3 Å². The third kappa shape index (κ3) is 2.32. The first kappa shape index (κ1) is 11.3. The van der Waals surface area contributed by atoms with Gasteiger partial charge in [0, 0.05) is 18.8 Å². The van der Waals surface area contributed by atoms with Crippen LogP contribution in [0.1, 0.15) is 32.1 Å². The molecule has 2 aliphatic carbocycles. The fourth-order valence-electron chi connectivity index (χ4n) is 2.84. The second-order valence-corrected chi connectivity index (χ2v) is 4.88. The summed E-state index contributed by atoms with van der Waals surface area (Å²) in [5.74, 6) is -0.174. The van der Waals surface area contributed by atoms with E-state index in [1.165, 1.54) is 32.1 Å². The number of aliphatic hydroxyl groups is 1. The molecule has 1 heterocycles. The minimum absolute atomic E-state index is 0.407. The number of cyclic esters (lactones) is 2. The quantitative estimate of drug-likeness (QED) is 0.536. The standard InChI is InChI=1S/C8H14O.C4H2O3/c9-6-8-3-1-7(5-8)2-4-8;5-3-1-2-4(6)7-3/h7,9H,1-6H2;1-2H. The van der Waals surface area contributed by atoms with Crippen LogP contribution in [0.25, 0.3) is 0 Å². The Morgan fingerprint density at radius 1 is 1.25 bits per heavy atom. The highest BCUT2D eigenvalue weighted by Crippen LogP contribution is 2.53. The molecule has 0 saturated heterocycles. The largest absolute Gasteiger partial charge is 0.396 e. The molecule has 2 bridgehead atoms. The van der Waals surface area contributed by atoms with Crippen molar-refractivity contribution in [2.45, 2.75) is 32.1 Å². The monoisotopic (exact) mass is 224 g/mol. The van der Waals surface area contributed by atoms with Gasteiger partial charge in [0.25, 0.3) is 0 Å². The topological polar surface area (TPSA) is 63.6 Å². The van der Waals surface area contributed by atoms with Crippen molar-refractivity contribution >= 4 is 11.9 Å². The van der Waals surface area contributed by atoms with E-state index in [2.05, 4.69) is 4.74 Å². The van der Waals surface area contributed by atoms with Crippen molar-refractivity contribution in [1.29, 1.82) is 0 Å². The Morgan fingerprint density at radius 3 is 2.00 bits per heavy atom. The molecule has 0 radical (unpaired) electrons. The molecule has 16 heavy (non-hydrogen) atoms. The maximum atomic E-state index is 9.92. The minimum Gasteiger partial charge on any atom is -0.396 e. The molecule has 0 unspecified atom stereocenters. The molecule has 3 rings (SSSR count). The molecular weight excluding hydrogens is 208 g/mol. The Labute approximate surface area is 94.3 Å². The van der Waals surface area contributed by atoms with Crippen molar-refractivity contribution in [2.75, 3.05) is 6.61 Å². The molecule has 0 aromatic carbocycles. The Morgan fingerprint density at radius 2 is 1.81 bits per heavy atom. The zero-order valence-corrected chi connectivity index (χ0v) is 9.15. The van der Waals surface area contributed by atoms with Crippen LogP contribution in [0.3, 0.4) is 0 Å². The second kappa shape index (κ2) is 4.37. The van der Waals surface area contributed by atoms with Gasteiger partial charge in [0.1, 0.15) is 0 Å². The minimum atomic E-state index is -0.579. The van der Waals surface area contributed by atoms with E-state index in [1.807, 2.05) is 0 Å². The van der Waals surface area contributed by atoms with E-state index < -0.39 is 11.9 Å². The molecule has 4 nitrogen and oxygen atoms in total. The average molecular weight is 224 g/mol. The van der Waals surface area contributed by atoms with Gasteiger partial charge in [-0.05, 0) is 43.4 Å². The lowest BCUT2D eigenvalue weighted by Crippen LogP contribution is -2.18. The van der Waals surface area contributed by atoms with Crippen molar-refractivity contribution in [2.24, 2.45) is 11.3 Å². The van der Waals surface area contributed by atoms with Gasteiger partial charge in [-0.1, -0.05) is 0 Å². The predicted molar refractivity (Wildman–Crippen MR) is 56.3 cm³/mol. The third-order valence-corrected chi connectivity index (χ3v) is 3.78. The number of fused-ring (bicyclic) bond motifs is 2. The summed E-state index contributed by atoms with van der Waals surface area (Å²) in [5, 5.41) is 9.04. The van der Waals surface area contributed by atoms with E-state index in [0.717, 1.165) is 18.1 Å². The van der Waals surface area contributed by atoms with E-state index in [0.29, 0.717) is 12.0 Å². The Kier molecular flexibility index (Phi) is 3.10. The Hall–Kier alpha value is -1.16. The highest BCUT2D eigenvalue weighted by molar-refractivity contribution is 6.04. The lowest BCUT2D eigenvalue weighted by molar-refractivity contribution is -0.150. The van der Waals surface area contributed by atoms with Gasteiger partial charge in [0.05, 0.1) is 0 Å². The molecule has 2 fully saturated rings. The molecule has 0 aromatic heterocycles. The van der Waals surface area contributed by atoms with Crippen LogP contribution < -0.4 is 0 Å². The van der Waals surface area contributed by atoms with E-state index in [9.17, 15) is 9.59 Å². The lowest BCUT2D eigenvalue weighted by Gasteiger charge is -2.22. The lowest BCUT2D eigenvalue weighted by atomic mass is 9.85. The van der Waals surface area contributed by atoms with Crippen LogP contribution in [0.5, 0.6) is 0 Å². The van der Waals surface area contributed by atoms with Crippen LogP contribution in [0.2, 0.25) is 0 Å². The van der Waals surface area contributed by atoms with Crippen LogP contribution in [0.15, 0.2) is 12.2 Å². The smallest absolute Gasteiger partial charge is 0.338 e. The molecule has 1 aliphatic heterocycles. The molecule has 1 N–H and O–H groups in total. The van der Waals surface area contributed by atoms with E-state index in [-0.39, 0.29) is 0 Å². The highest BCUT2D eigenvalue weighted by atomic mass is 16.6. The second-order valence-electron chi connectivity index (χ2n) is 4.88. The van der Waals surface area contributed by atoms with Gasteiger partial charge < -0.3 is 9.84 Å².